The maximum atomic E-state index is 13.2. The highest BCUT2D eigenvalue weighted by molar-refractivity contribution is 5.73. The van der Waals surface area contributed by atoms with Gasteiger partial charge in [-0.2, -0.15) is 4.39 Å². The molecule has 0 bridgehead atoms. The van der Waals surface area contributed by atoms with Crippen LogP contribution in [-0.4, -0.2) is 17.7 Å². The topological polar surface area (TPSA) is 46.5 Å². The van der Waals surface area contributed by atoms with Crippen molar-refractivity contribution >= 4 is 5.97 Å². The van der Waals surface area contributed by atoms with E-state index in [1.165, 1.54) is 12.1 Å². The molecule has 0 aliphatic rings. The van der Waals surface area contributed by atoms with E-state index in [0.29, 0.717) is 0 Å². The third kappa shape index (κ3) is 3.41. The second-order valence-corrected chi connectivity index (χ2v) is 4.34. The first-order valence-electron chi connectivity index (χ1n) is 5.15. The van der Waals surface area contributed by atoms with Gasteiger partial charge in [-0.15, -0.1) is 0 Å². The zero-order valence-electron chi connectivity index (χ0n) is 9.67. The summed E-state index contributed by atoms with van der Waals surface area (Å²) in [6.07, 6.45) is 0.207. The van der Waals surface area contributed by atoms with Crippen LogP contribution in [0.5, 0.6) is 5.75 Å². The number of benzene rings is 1. The average molecular weight is 244 g/mol. The predicted octanol–water partition coefficient (Wildman–Crippen LogP) is 2.84. The van der Waals surface area contributed by atoms with Crippen LogP contribution in [0.3, 0.4) is 0 Å². The van der Waals surface area contributed by atoms with Crippen LogP contribution in [0.1, 0.15) is 20.3 Å². The first kappa shape index (κ1) is 13.4. The third-order valence-corrected chi connectivity index (χ3v) is 2.48. The Morgan fingerprint density at radius 2 is 2.06 bits per heavy atom. The second kappa shape index (κ2) is 5.12. The molecule has 3 nitrogen and oxygen atoms in total. The van der Waals surface area contributed by atoms with Crippen LogP contribution in [0.2, 0.25) is 0 Å². The summed E-state index contributed by atoms with van der Waals surface area (Å²) in [5, 5.41) is 8.85. The number of ether oxygens (including phenoxy) is 1. The van der Waals surface area contributed by atoms with Gasteiger partial charge in [0.1, 0.15) is 0 Å². The van der Waals surface area contributed by atoms with Gasteiger partial charge in [0.25, 0.3) is 0 Å². The molecular formula is C12H14F2O3. The Bertz CT molecular complexity index is 416. The zero-order valence-corrected chi connectivity index (χ0v) is 9.67. The number of hydrogen-bond acceptors (Lipinski definition) is 2. The Labute approximate surface area is 98.0 Å². The molecule has 0 unspecified atom stereocenters. The largest absolute Gasteiger partial charge is 0.490 e. The van der Waals surface area contributed by atoms with Gasteiger partial charge in [-0.05, 0) is 32.4 Å². The molecule has 0 aliphatic carbocycles. The molecular weight excluding hydrogens is 230 g/mol. The van der Waals surface area contributed by atoms with Crippen molar-refractivity contribution in [2.75, 3.05) is 6.61 Å². The summed E-state index contributed by atoms with van der Waals surface area (Å²) in [7, 11) is 0. The van der Waals surface area contributed by atoms with E-state index < -0.39 is 23.0 Å². The van der Waals surface area contributed by atoms with E-state index in [-0.39, 0.29) is 18.8 Å². The minimum absolute atomic E-state index is 0.0136. The van der Waals surface area contributed by atoms with Crippen LogP contribution in [0.25, 0.3) is 0 Å². The molecule has 0 fully saturated rings. The molecule has 5 heteroatoms. The standard InChI is InChI=1S/C12H14F2O3/c1-12(2,11(15)16)6-7-17-9-5-3-4-8(13)10(9)14/h3-5H,6-7H2,1-2H3,(H,15,16). The van der Waals surface area contributed by atoms with Gasteiger partial charge in [0.15, 0.2) is 11.6 Å². The van der Waals surface area contributed by atoms with Crippen molar-refractivity contribution in [2.24, 2.45) is 5.41 Å². The Hall–Kier alpha value is -1.65. The van der Waals surface area contributed by atoms with Crippen molar-refractivity contribution < 1.29 is 23.4 Å². The van der Waals surface area contributed by atoms with Crippen LogP contribution in [0, 0.1) is 17.0 Å². The molecule has 1 aromatic rings. The van der Waals surface area contributed by atoms with Crippen LogP contribution in [-0.2, 0) is 4.79 Å². The van der Waals surface area contributed by atoms with Crippen LogP contribution >= 0.6 is 0 Å². The first-order valence-corrected chi connectivity index (χ1v) is 5.15. The molecule has 0 saturated heterocycles. The molecule has 1 N–H and O–H groups in total. The summed E-state index contributed by atoms with van der Waals surface area (Å²) in [6, 6.07) is 3.62. The molecule has 0 spiro atoms. The number of rotatable bonds is 5. The normalized spacial score (nSPS) is 11.3. The van der Waals surface area contributed by atoms with Crippen molar-refractivity contribution in [3.05, 3.63) is 29.8 Å². The summed E-state index contributed by atoms with van der Waals surface area (Å²) in [4.78, 5) is 10.8. The Balaban J connectivity index is 2.58. The lowest BCUT2D eigenvalue weighted by Gasteiger charge is -2.19. The molecule has 0 radical (unpaired) electrons. The number of aliphatic carboxylic acids is 1. The Morgan fingerprint density at radius 3 is 2.65 bits per heavy atom. The molecule has 0 aliphatic heterocycles. The molecule has 0 saturated carbocycles. The van der Waals surface area contributed by atoms with Crippen molar-refractivity contribution in [2.45, 2.75) is 20.3 Å². The summed E-state index contributed by atoms with van der Waals surface area (Å²) in [5.41, 5.74) is -0.955. The number of carboxylic acid groups (broad SMARTS) is 1. The molecule has 1 rings (SSSR count). The van der Waals surface area contributed by atoms with E-state index in [1.54, 1.807) is 13.8 Å². The molecule has 0 aromatic heterocycles. The van der Waals surface area contributed by atoms with Crippen molar-refractivity contribution in [3.63, 3.8) is 0 Å². The summed E-state index contributed by atoms with van der Waals surface area (Å²) in [5.74, 6) is -3.20. The lowest BCUT2D eigenvalue weighted by molar-refractivity contribution is -0.147. The van der Waals surface area contributed by atoms with E-state index in [0.717, 1.165) is 6.07 Å². The fraction of sp³-hybridized carbons (Fsp3) is 0.417. The number of carboxylic acids is 1. The minimum Gasteiger partial charge on any atom is -0.490 e. The fourth-order valence-corrected chi connectivity index (χ4v) is 1.12. The third-order valence-electron chi connectivity index (χ3n) is 2.48. The maximum Gasteiger partial charge on any atom is 0.309 e. The minimum atomic E-state index is -1.05. The molecule has 94 valence electrons. The summed E-state index contributed by atoms with van der Waals surface area (Å²) in [6.45, 7) is 3.10. The van der Waals surface area contributed by atoms with Crippen molar-refractivity contribution in [1.82, 2.24) is 0 Å². The molecule has 17 heavy (non-hydrogen) atoms. The van der Waals surface area contributed by atoms with Crippen LogP contribution in [0.4, 0.5) is 8.78 Å². The van der Waals surface area contributed by atoms with Gasteiger partial charge in [-0.3, -0.25) is 4.79 Å². The van der Waals surface area contributed by atoms with Crippen LogP contribution < -0.4 is 4.74 Å². The highest BCUT2D eigenvalue weighted by Gasteiger charge is 2.27. The van der Waals surface area contributed by atoms with E-state index in [2.05, 4.69) is 0 Å². The van der Waals surface area contributed by atoms with Gasteiger partial charge in [0.05, 0.1) is 12.0 Å². The molecule has 0 amide bonds. The number of hydrogen-bond donors (Lipinski definition) is 1. The van der Waals surface area contributed by atoms with Gasteiger partial charge in [0.2, 0.25) is 5.82 Å². The van der Waals surface area contributed by atoms with Gasteiger partial charge in [-0.1, -0.05) is 6.07 Å². The maximum absolute atomic E-state index is 13.2. The summed E-state index contributed by atoms with van der Waals surface area (Å²) >= 11 is 0. The van der Waals surface area contributed by atoms with Crippen molar-refractivity contribution in [3.8, 4) is 5.75 Å². The smallest absolute Gasteiger partial charge is 0.309 e. The average Bonchev–Trinajstić information content (AvgIpc) is 2.24. The van der Waals surface area contributed by atoms with E-state index in [4.69, 9.17) is 9.84 Å². The Kier molecular flexibility index (Phi) is 4.04. The van der Waals surface area contributed by atoms with Crippen LogP contribution in [0.15, 0.2) is 18.2 Å². The Morgan fingerprint density at radius 1 is 1.41 bits per heavy atom. The van der Waals surface area contributed by atoms with Crippen molar-refractivity contribution in [1.29, 1.82) is 0 Å². The number of halogens is 2. The SMILES string of the molecule is CC(C)(CCOc1cccc(F)c1F)C(=O)O. The second-order valence-electron chi connectivity index (χ2n) is 4.34. The monoisotopic (exact) mass is 244 g/mol. The predicted molar refractivity (Wildman–Crippen MR) is 57.9 cm³/mol. The van der Waals surface area contributed by atoms with Gasteiger partial charge < -0.3 is 9.84 Å². The fourth-order valence-electron chi connectivity index (χ4n) is 1.12. The van der Waals surface area contributed by atoms with E-state index in [1.807, 2.05) is 0 Å². The molecule has 0 atom stereocenters. The van der Waals surface area contributed by atoms with E-state index in [9.17, 15) is 13.6 Å². The number of carbonyl (C=O) groups is 1. The first-order chi connectivity index (χ1) is 7.84. The van der Waals surface area contributed by atoms with Gasteiger partial charge in [-0.25, -0.2) is 4.39 Å². The van der Waals surface area contributed by atoms with Gasteiger partial charge >= 0.3 is 5.97 Å². The molecule has 1 aromatic carbocycles. The summed E-state index contributed by atoms with van der Waals surface area (Å²) < 4.78 is 31.0. The highest BCUT2D eigenvalue weighted by Crippen LogP contribution is 2.23. The quantitative estimate of drug-likeness (QED) is 0.866. The van der Waals surface area contributed by atoms with Gasteiger partial charge in [0, 0.05) is 0 Å². The van der Waals surface area contributed by atoms with E-state index >= 15 is 0 Å². The highest BCUT2D eigenvalue weighted by atomic mass is 19.2. The lowest BCUT2D eigenvalue weighted by atomic mass is 9.90. The zero-order chi connectivity index (χ0) is 13.1. The molecule has 0 heterocycles. The lowest BCUT2D eigenvalue weighted by Crippen LogP contribution is -2.26.